The van der Waals surface area contributed by atoms with Gasteiger partial charge in [-0.25, -0.2) is 9.78 Å². The second kappa shape index (κ2) is 6.60. The number of carboxylic acids is 1. The standard InChI is InChI=1S/C14H10Cl3NO4/c1-6(14(20)21)22-11-3-2-7(4-10(11)19)12-8(15)5-9(16)13(17)18-12/h2-6,19H,1H3,(H,20,21). The normalized spacial score (nSPS) is 12.0. The molecule has 5 nitrogen and oxygen atoms in total. The Bertz CT molecular complexity index is 736. The van der Waals surface area contributed by atoms with E-state index in [1.165, 1.54) is 25.1 Å². The zero-order chi connectivity index (χ0) is 16.4. The van der Waals surface area contributed by atoms with Crippen LogP contribution in [0.25, 0.3) is 11.3 Å². The van der Waals surface area contributed by atoms with Crippen molar-refractivity contribution in [1.82, 2.24) is 4.98 Å². The molecule has 2 aromatic rings. The van der Waals surface area contributed by atoms with Crippen LogP contribution in [0.5, 0.6) is 11.5 Å². The van der Waals surface area contributed by atoms with Crippen molar-refractivity contribution >= 4 is 40.8 Å². The zero-order valence-electron chi connectivity index (χ0n) is 11.2. The number of carbonyl (C=O) groups is 1. The van der Waals surface area contributed by atoms with Gasteiger partial charge in [-0.2, -0.15) is 0 Å². The molecule has 0 fully saturated rings. The first-order valence-electron chi connectivity index (χ1n) is 6.04. The Morgan fingerprint density at radius 1 is 1.23 bits per heavy atom. The summed E-state index contributed by atoms with van der Waals surface area (Å²) in [6.07, 6.45) is -1.09. The minimum atomic E-state index is -1.14. The first-order valence-corrected chi connectivity index (χ1v) is 7.17. The third-order valence-electron chi connectivity index (χ3n) is 2.77. The van der Waals surface area contributed by atoms with Gasteiger partial charge in [-0.3, -0.25) is 0 Å². The minimum Gasteiger partial charge on any atom is -0.504 e. The molecule has 0 amide bonds. The molecule has 1 atom stereocenters. The zero-order valence-corrected chi connectivity index (χ0v) is 13.4. The molecule has 0 aliphatic rings. The number of aromatic nitrogens is 1. The molecule has 0 aliphatic carbocycles. The van der Waals surface area contributed by atoms with Crippen LogP contribution in [0.4, 0.5) is 0 Å². The van der Waals surface area contributed by atoms with E-state index < -0.39 is 12.1 Å². The van der Waals surface area contributed by atoms with Gasteiger partial charge in [0.2, 0.25) is 0 Å². The number of phenolic OH excluding ortho intramolecular Hbond substituents is 1. The van der Waals surface area contributed by atoms with Gasteiger partial charge < -0.3 is 14.9 Å². The van der Waals surface area contributed by atoms with Crippen LogP contribution in [-0.4, -0.2) is 27.3 Å². The van der Waals surface area contributed by atoms with E-state index in [0.29, 0.717) is 11.3 Å². The molecule has 0 saturated carbocycles. The summed E-state index contributed by atoms with van der Waals surface area (Å²) in [6.45, 7) is 1.35. The Morgan fingerprint density at radius 3 is 2.50 bits per heavy atom. The van der Waals surface area contributed by atoms with Crippen LogP contribution in [0.2, 0.25) is 15.2 Å². The molecular weight excluding hydrogens is 353 g/mol. The van der Waals surface area contributed by atoms with Crippen LogP contribution < -0.4 is 4.74 Å². The van der Waals surface area contributed by atoms with Crippen molar-refractivity contribution in [3.05, 3.63) is 39.5 Å². The van der Waals surface area contributed by atoms with Crippen molar-refractivity contribution in [3.8, 4) is 22.8 Å². The smallest absolute Gasteiger partial charge is 0.344 e. The van der Waals surface area contributed by atoms with Gasteiger partial charge in [-0.15, -0.1) is 0 Å². The summed E-state index contributed by atoms with van der Waals surface area (Å²) < 4.78 is 5.12. The van der Waals surface area contributed by atoms with Crippen molar-refractivity contribution in [2.75, 3.05) is 0 Å². The van der Waals surface area contributed by atoms with Gasteiger partial charge in [-0.05, 0) is 31.2 Å². The number of aliphatic carboxylic acids is 1. The number of phenols is 1. The van der Waals surface area contributed by atoms with Crippen molar-refractivity contribution in [2.45, 2.75) is 13.0 Å². The van der Waals surface area contributed by atoms with E-state index in [4.69, 9.17) is 44.6 Å². The maximum Gasteiger partial charge on any atom is 0.344 e. The second-order valence-electron chi connectivity index (χ2n) is 4.37. The first-order chi connectivity index (χ1) is 10.3. The monoisotopic (exact) mass is 361 g/mol. The quantitative estimate of drug-likeness (QED) is 0.794. The fourth-order valence-corrected chi connectivity index (χ4v) is 2.26. The summed E-state index contributed by atoms with van der Waals surface area (Å²) in [5, 5.41) is 19.3. The van der Waals surface area contributed by atoms with E-state index in [0.717, 1.165) is 0 Å². The van der Waals surface area contributed by atoms with E-state index >= 15 is 0 Å². The van der Waals surface area contributed by atoms with E-state index in [1.54, 1.807) is 6.07 Å². The van der Waals surface area contributed by atoms with Crippen LogP contribution in [-0.2, 0) is 4.79 Å². The average Bonchev–Trinajstić information content (AvgIpc) is 2.44. The highest BCUT2D eigenvalue weighted by atomic mass is 35.5. The van der Waals surface area contributed by atoms with Gasteiger partial charge in [0.25, 0.3) is 0 Å². The third kappa shape index (κ3) is 3.55. The molecule has 0 bridgehead atoms. The van der Waals surface area contributed by atoms with Crippen LogP contribution in [0, 0.1) is 0 Å². The Morgan fingerprint density at radius 2 is 1.91 bits per heavy atom. The molecule has 22 heavy (non-hydrogen) atoms. The number of rotatable bonds is 4. The summed E-state index contributed by atoms with van der Waals surface area (Å²) in [6, 6.07) is 5.79. The Balaban J connectivity index is 2.37. The summed E-state index contributed by atoms with van der Waals surface area (Å²) in [4.78, 5) is 14.8. The van der Waals surface area contributed by atoms with Gasteiger partial charge in [-0.1, -0.05) is 34.8 Å². The van der Waals surface area contributed by atoms with E-state index in [1.807, 2.05) is 0 Å². The fourth-order valence-electron chi connectivity index (χ4n) is 1.65. The molecular formula is C14H10Cl3NO4. The predicted molar refractivity (Wildman–Crippen MR) is 84.1 cm³/mol. The van der Waals surface area contributed by atoms with E-state index in [9.17, 15) is 9.90 Å². The molecule has 1 unspecified atom stereocenters. The van der Waals surface area contributed by atoms with Crippen LogP contribution in [0.15, 0.2) is 24.3 Å². The lowest BCUT2D eigenvalue weighted by Gasteiger charge is -2.13. The third-order valence-corrected chi connectivity index (χ3v) is 3.73. The molecule has 0 spiro atoms. The van der Waals surface area contributed by atoms with Gasteiger partial charge in [0.1, 0.15) is 5.15 Å². The number of ether oxygens (including phenoxy) is 1. The SMILES string of the molecule is CC(Oc1ccc(-c2nc(Cl)c(Cl)cc2Cl)cc1O)C(=O)O. The number of carboxylic acid groups (broad SMARTS) is 1. The van der Waals surface area contributed by atoms with E-state index in [-0.39, 0.29) is 26.7 Å². The molecule has 1 heterocycles. The average molecular weight is 363 g/mol. The molecule has 0 saturated heterocycles. The van der Waals surface area contributed by atoms with Crippen molar-refractivity contribution in [1.29, 1.82) is 0 Å². The van der Waals surface area contributed by atoms with Gasteiger partial charge in [0.15, 0.2) is 17.6 Å². The number of hydrogen-bond donors (Lipinski definition) is 2. The largest absolute Gasteiger partial charge is 0.504 e. The van der Waals surface area contributed by atoms with Crippen LogP contribution >= 0.6 is 34.8 Å². The summed E-state index contributed by atoms with van der Waals surface area (Å²) in [5.41, 5.74) is 0.820. The molecule has 8 heteroatoms. The van der Waals surface area contributed by atoms with E-state index in [2.05, 4.69) is 4.98 Å². The lowest BCUT2D eigenvalue weighted by atomic mass is 10.1. The number of hydrogen-bond acceptors (Lipinski definition) is 4. The minimum absolute atomic E-state index is 0.0369. The lowest BCUT2D eigenvalue weighted by molar-refractivity contribution is -0.144. The molecule has 0 aliphatic heterocycles. The molecule has 116 valence electrons. The molecule has 2 N–H and O–H groups in total. The number of halogens is 3. The van der Waals surface area contributed by atoms with Crippen LogP contribution in [0.1, 0.15) is 6.92 Å². The maximum absolute atomic E-state index is 10.8. The summed E-state index contributed by atoms with van der Waals surface area (Å²) in [7, 11) is 0. The number of aromatic hydroxyl groups is 1. The highest BCUT2D eigenvalue weighted by Gasteiger charge is 2.16. The number of benzene rings is 1. The summed E-state index contributed by atoms with van der Waals surface area (Å²) in [5.74, 6) is -1.35. The Kier molecular flexibility index (Phi) is 5.01. The number of nitrogens with zero attached hydrogens (tertiary/aromatic N) is 1. The summed E-state index contributed by atoms with van der Waals surface area (Å²) >= 11 is 17.7. The highest BCUT2D eigenvalue weighted by Crippen LogP contribution is 2.36. The molecule has 2 rings (SSSR count). The molecule has 1 aromatic carbocycles. The Labute approximate surface area is 141 Å². The van der Waals surface area contributed by atoms with Gasteiger partial charge in [0, 0.05) is 5.56 Å². The predicted octanol–water partition coefficient (Wildman–Crippen LogP) is 4.27. The highest BCUT2D eigenvalue weighted by molar-refractivity contribution is 6.42. The first kappa shape index (κ1) is 16.7. The topological polar surface area (TPSA) is 79.7 Å². The van der Waals surface area contributed by atoms with Gasteiger partial charge >= 0.3 is 5.97 Å². The fraction of sp³-hybridized carbons (Fsp3) is 0.143. The maximum atomic E-state index is 10.8. The van der Waals surface area contributed by atoms with Crippen LogP contribution in [0.3, 0.4) is 0 Å². The van der Waals surface area contributed by atoms with Crippen molar-refractivity contribution < 1.29 is 19.7 Å². The Hall–Kier alpha value is -1.69. The second-order valence-corrected chi connectivity index (χ2v) is 5.54. The lowest BCUT2D eigenvalue weighted by Crippen LogP contribution is -2.22. The van der Waals surface area contributed by atoms with Gasteiger partial charge in [0.05, 0.1) is 15.7 Å². The molecule has 1 aromatic heterocycles. The molecule has 0 radical (unpaired) electrons. The van der Waals surface area contributed by atoms with Crippen molar-refractivity contribution in [3.63, 3.8) is 0 Å². The number of pyridine rings is 1. The van der Waals surface area contributed by atoms with Crippen molar-refractivity contribution in [2.24, 2.45) is 0 Å².